The summed E-state index contributed by atoms with van der Waals surface area (Å²) in [6, 6.07) is 79.0. The standard InChI is InChI=1S/C60H37NO3/c1-5-15-38(16-6-1)42-25-28-49-56(35-42)64-60-46(40-19-9-3-10-20-40)30-31-53(58(49)60)61(44-27-32-55-51(36-44)47-23-13-14-24-54(47)62-55)45-26-29-48-52-34-43(39-17-7-2-8-18-39)33-50(41-21-11-4-12-22-41)59(52)63-57(48)37-45/h1-37H. The largest absolute Gasteiger partial charge is 0.456 e. The average Bonchev–Trinajstić information content (AvgIpc) is 4.06. The SMILES string of the molecule is c1ccc(-c2ccc3c(c2)oc2c(-c4ccccc4)ccc(N(c4ccc5c(c4)oc4c(-c6ccccc6)cc(-c6ccccc6)cc45)c4ccc5oc6ccccc6c5c4)c23)cc1. The van der Waals surface area contributed by atoms with Crippen molar-refractivity contribution in [3.8, 4) is 44.5 Å². The van der Waals surface area contributed by atoms with Crippen molar-refractivity contribution in [2.24, 2.45) is 0 Å². The van der Waals surface area contributed by atoms with Gasteiger partial charge >= 0.3 is 0 Å². The highest BCUT2D eigenvalue weighted by molar-refractivity contribution is 6.19. The molecule has 300 valence electrons. The van der Waals surface area contributed by atoms with Crippen LogP contribution in [0.5, 0.6) is 0 Å². The van der Waals surface area contributed by atoms with Crippen LogP contribution < -0.4 is 4.90 Å². The van der Waals surface area contributed by atoms with E-state index in [2.05, 4.69) is 211 Å². The van der Waals surface area contributed by atoms with Crippen molar-refractivity contribution >= 4 is 82.9 Å². The number of rotatable bonds is 7. The van der Waals surface area contributed by atoms with Crippen LogP contribution >= 0.6 is 0 Å². The maximum Gasteiger partial charge on any atom is 0.145 e. The van der Waals surface area contributed by atoms with Gasteiger partial charge in [0, 0.05) is 55.5 Å². The molecule has 0 aliphatic carbocycles. The van der Waals surface area contributed by atoms with Gasteiger partial charge in [-0.3, -0.25) is 0 Å². The van der Waals surface area contributed by atoms with E-state index in [4.69, 9.17) is 13.3 Å². The van der Waals surface area contributed by atoms with Crippen molar-refractivity contribution in [2.75, 3.05) is 4.90 Å². The predicted octanol–water partition coefficient (Wildman–Crippen LogP) is 17.5. The summed E-state index contributed by atoms with van der Waals surface area (Å²) in [5.41, 5.74) is 16.8. The summed E-state index contributed by atoms with van der Waals surface area (Å²) < 4.78 is 20.4. The van der Waals surface area contributed by atoms with E-state index >= 15 is 0 Å². The Balaban J connectivity index is 1.08. The lowest BCUT2D eigenvalue weighted by atomic mass is 9.96. The molecule has 0 amide bonds. The summed E-state index contributed by atoms with van der Waals surface area (Å²) in [6.45, 7) is 0. The van der Waals surface area contributed by atoms with E-state index in [9.17, 15) is 0 Å². The second-order valence-electron chi connectivity index (χ2n) is 16.4. The van der Waals surface area contributed by atoms with Crippen LogP contribution in [0.25, 0.3) is 110 Å². The molecule has 10 aromatic carbocycles. The van der Waals surface area contributed by atoms with Gasteiger partial charge in [0.2, 0.25) is 0 Å². The molecule has 0 aliphatic rings. The first kappa shape index (κ1) is 36.1. The van der Waals surface area contributed by atoms with Gasteiger partial charge in [-0.2, -0.15) is 0 Å². The first-order valence-electron chi connectivity index (χ1n) is 21.6. The Kier molecular flexibility index (Phi) is 8.18. The van der Waals surface area contributed by atoms with Crippen molar-refractivity contribution in [1.29, 1.82) is 0 Å². The molecule has 0 unspecified atom stereocenters. The molecule has 0 aliphatic heterocycles. The fraction of sp³-hybridized carbons (Fsp3) is 0. The smallest absolute Gasteiger partial charge is 0.145 e. The maximum absolute atomic E-state index is 7.03. The highest BCUT2D eigenvalue weighted by Crippen LogP contribution is 2.49. The lowest BCUT2D eigenvalue weighted by Crippen LogP contribution is -2.10. The number of hydrogen-bond acceptors (Lipinski definition) is 4. The summed E-state index contributed by atoms with van der Waals surface area (Å²) in [5.74, 6) is 0. The topological polar surface area (TPSA) is 42.7 Å². The molecule has 0 fully saturated rings. The number of benzene rings is 10. The molecule has 13 aromatic rings. The fourth-order valence-corrected chi connectivity index (χ4v) is 9.62. The average molecular weight is 820 g/mol. The van der Waals surface area contributed by atoms with Crippen LogP contribution in [0.3, 0.4) is 0 Å². The summed E-state index contributed by atoms with van der Waals surface area (Å²) in [7, 11) is 0. The van der Waals surface area contributed by atoms with Crippen molar-refractivity contribution in [3.05, 3.63) is 224 Å². The second kappa shape index (κ2) is 14.5. The minimum atomic E-state index is 0.802. The molecule has 64 heavy (non-hydrogen) atoms. The van der Waals surface area contributed by atoms with E-state index in [1.165, 1.54) is 0 Å². The Hall–Kier alpha value is -8.60. The summed E-state index contributed by atoms with van der Waals surface area (Å²) >= 11 is 0. The van der Waals surface area contributed by atoms with Gasteiger partial charge in [0.1, 0.15) is 33.5 Å². The van der Waals surface area contributed by atoms with Gasteiger partial charge in [-0.15, -0.1) is 0 Å². The van der Waals surface area contributed by atoms with Gasteiger partial charge < -0.3 is 18.2 Å². The zero-order valence-electron chi connectivity index (χ0n) is 34.5. The van der Waals surface area contributed by atoms with E-state index < -0.39 is 0 Å². The first-order valence-corrected chi connectivity index (χ1v) is 21.6. The Morgan fingerprint density at radius 3 is 1.58 bits per heavy atom. The van der Waals surface area contributed by atoms with Gasteiger partial charge in [-0.05, 0) is 106 Å². The quantitative estimate of drug-likeness (QED) is 0.161. The van der Waals surface area contributed by atoms with Crippen LogP contribution in [0.2, 0.25) is 0 Å². The van der Waals surface area contributed by atoms with Crippen LogP contribution in [0.1, 0.15) is 0 Å². The van der Waals surface area contributed by atoms with Gasteiger partial charge in [0.05, 0.1) is 11.1 Å². The minimum absolute atomic E-state index is 0.802. The van der Waals surface area contributed by atoms with E-state index in [0.29, 0.717) is 0 Å². The Morgan fingerprint density at radius 2 is 0.828 bits per heavy atom. The molecule has 0 saturated heterocycles. The normalized spacial score (nSPS) is 11.8. The Morgan fingerprint density at radius 1 is 0.266 bits per heavy atom. The van der Waals surface area contributed by atoms with Gasteiger partial charge in [-0.25, -0.2) is 0 Å². The van der Waals surface area contributed by atoms with Crippen LogP contribution in [-0.2, 0) is 0 Å². The van der Waals surface area contributed by atoms with Crippen molar-refractivity contribution in [2.45, 2.75) is 0 Å². The van der Waals surface area contributed by atoms with Gasteiger partial charge in [-0.1, -0.05) is 146 Å². The van der Waals surface area contributed by atoms with E-state index in [0.717, 1.165) is 127 Å². The third-order valence-corrected chi connectivity index (χ3v) is 12.7. The zero-order chi connectivity index (χ0) is 42.1. The van der Waals surface area contributed by atoms with Gasteiger partial charge in [0.15, 0.2) is 0 Å². The van der Waals surface area contributed by atoms with E-state index in [-0.39, 0.29) is 0 Å². The predicted molar refractivity (Wildman–Crippen MR) is 265 cm³/mol. The highest BCUT2D eigenvalue weighted by atomic mass is 16.3. The molecule has 3 heterocycles. The van der Waals surface area contributed by atoms with Crippen molar-refractivity contribution in [1.82, 2.24) is 0 Å². The number of nitrogens with zero attached hydrogens (tertiary/aromatic N) is 1. The third kappa shape index (κ3) is 5.84. The van der Waals surface area contributed by atoms with Crippen LogP contribution in [0.15, 0.2) is 238 Å². The maximum atomic E-state index is 7.03. The molecule has 4 heteroatoms. The van der Waals surface area contributed by atoms with Crippen LogP contribution in [-0.4, -0.2) is 0 Å². The van der Waals surface area contributed by atoms with E-state index in [1.807, 2.05) is 18.2 Å². The number of para-hydroxylation sites is 1. The molecular formula is C60H37NO3. The van der Waals surface area contributed by atoms with Crippen LogP contribution in [0.4, 0.5) is 17.1 Å². The Bertz CT molecular complexity index is 3880. The second-order valence-corrected chi connectivity index (χ2v) is 16.4. The molecule has 0 spiro atoms. The summed E-state index contributed by atoms with van der Waals surface area (Å²) in [6.07, 6.45) is 0. The molecule has 0 saturated carbocycles. The van der Waals surface area contributed by atoms with Crippen molar-refractivity contribution < 1.29 is 13.3 Å². The highest BCUT2D eigenvalue weighted by Gasteiger charge is 2.25. The molecule has 0 radical (unpaired) electrons. The molecule has 0 atom stereocenters. The fourth-order valence-electron chi connectivity index (χ4n) is 9.62. The molecule has 0 bridgehead atoms. The number of anilines is 3. The first-order chi connectivity index (χ1) is 31.7. The van der Waals surface area contributed by atoms with Crippen LogP contribution in [0, 0.1) is 0 Å². The molecule has 0 N–H and O–H groups in total. The number of furan rings is 3. The lowest BCUT2D eigenvalue weighted by molar-refractivity contribution is 0.668. The molecule has 13 rings (SSSR count). The number of hydrogen-bond donors (Lipinski definition) is 0. The molecule has 3 aromatic heterocycles. The van der Waals surface area contributed by atoms with Crippen molar-refractivity contribution in [3.63, 3.8) is 0 Å². The minimum Gasteiger partial charge on any atom is -0.456 e. The summed E-state index contributed by atoms with van der Waals surface area (Å²) in [5, 5.41) is 6.30. The summed E-state index contributed by atoms with van der Waals surface area (Å²) in [4.78, 5) is 2.35. The number of fused-ring (bicyclic) bond motifs is 9. The third-order valence-electron chi connectivity index (χ3n) is 12.7. The molecular weight excluding hydrogens is 783 g/mol. The monoisotopic (exact) mass is 819 g/mol. The lowest BCUT2D eigenvalue weighted by Gasteiger charge is -2.26. The van der Waals surface area contributed by atoms with Gasteiger partial charge in [0.25, 0.3) is 0 Å². The zero-order valence-corrected chi connectivity index (χ0v) is 34.5. The van der Waals surface area contributed by atoms with E-state index in [1.54, 1.807) is 0 Å². The Labute approximate surface area is 368 Å². The molecule has 4 nitrogen and oxygen atoms in total.